The summed E-state index contributed by atoms with van der Waals surface area (Å²) < 4.78 is 10.5. The number of hydrogen-bond donors (Lipinski definition) is 2. The van der Waals surface area contributed by atoms with Gasteiger partial charge in [0.05, 0.1) is 13.7 Å². The Bertz CT molecular complexity index is 418. The molecule has 0 fully saturated rings. The predicted molar refractivity (Wildman–Crippen MR) is 91.5 cm³/mol. The molecule has 0 atom stereocenters. The quantitative estimate of drug-likeness (QED) is 0.396. The maximum Gasteiger partial charge on any atom is 0.191 e. The van der Waals surface area contributed by atoms with Crippen LogP contribution in [0, 0.1) is 0 Å². The summed E-state index contributed by atoms with van der Waals surface area (Å²) in [5.41, 5.74) is 1.16. The Balaban J connectivity index is 2.45. The zero-order chi connectivity index (χ0) is 16.0. The molecule has 0 aromatic heterocycles. The number of hydrogen-bond acceptors (Lipinski definition) is 3. The van der Waals surface area contributed by atoms with Gasteiger partial charge in [-0.3, -0.25) is 0 Å². The van der Waals surface area contributed by atoms with E-state index < -0.39 is 0 Å². The molecule has 5 heteroatoms. The van der Waals surface area contributed by atoms with Gasteiger partial charge in [0.2, 0.25) is 0 Å². The molecule has 1 rings (SSSR count). The predicted octanol–water partition coefficient (Wildman–Crippen LogP) is 2.57. The maximum atomic E-state index is 5.34. The lowest BCUT2D eigenvalue weighted by molar-refractivity contribution is 0.145. The molecule has 0 saturated carbocycles. The van der Waals surface area contributed by atoms with Crippen LogP contribution in [0.2, 0.25) is 0 Å². The summed E-state index contributed by atoms with van der Waals surface area (Å²) in [7, 11) is 1.67. The molecule has 0 amide bonds. The Morgan fingerprint density at radius 1 is 1.09 bits per heavy atom. The van der Waals surface area contributed by atoms with Crippen molar-refractivity contribution in [3.8, 4) is 5.75 Å². The van der Waals surface area contributed by atoms with Gasteiger partial charge in [0.15, 0.2) is 5.96 Å². The first-order chi connectivity index (χ1) is 10.8. The van der Waals surface area contributed by atoms with Crippen LogP contribution in [-0.2, 0) is 11.3 Å². The fraction of sp³-hybridized carbons (Fsp3) is 0.588. The summed E-state index contributed by atoms with van der Waals surface area (Å²) in [5.74, 6) is 1.72. The fourth-order valence-electron chi connectivity index (χ4n) is 1.84. The molecular formula is C17H29N3O2. The van der Waals surface area contributed by atoms with E-state index in [1.807, 2.05) is 31.2 Å². The van der Waals surface area contributed by atoms with Crippen molar-refractivity contribution in [1.82, 2.24) is 10.6 Å². The van der Waals surface area contributed by atoms with Crippen LogP contribution in [0.15, 0.2) is 29.3 Å². The van der Waals surface area contributed by atoms with Crippen molar-refractivity contribution >= 4 is 5.96 Å². The molecule has 0 aliphatic rings. The monoisotopic (exact) mass is 307 g/mol. The molecule has 22 heavy (non-hydrogen) atoms. The number of ether oxygens (including phenoxy) is 2. The van der Waals surface area contributed by atoms with Crippen LogP contribution in [0.1, 0.15) is 32.3 Å². The smallest absolute Gasteiger partial charge is 0.191 e. The normalized spacial score (nSPS) is 11.3. The van der Waals surface area contributed by atoms with Gasteiger partial charge in [-0.2, -0.15) is 0 Å². The van der Waals surface area contributed by atoms with Crippen molar-refractivity contribution in [3.63, 3.8) is 0 Å². The number of nitrogens with one attached hydrogen (secondary N) is 2. The third kappa shape index (κ3) is 7.88. The van der Waals surface area contributed by atoms with E-state index in [2.05, 4.69) is 22.5 Å². The zero-order valence-corrected chi connectivity index (χ0v) is 14.0. The highest BCUT2D eigenvalue weighted by Crippen LogP contribution is 2.11. The van der Waals surface area contributed by atoms with Crippen molar-refractivity contribution in [2.45, 2.75) is 33.2 Å². The minimum absolute atomic E-state index is 0.647. The highest BCUT2D eigenvalue weighted by molar-refractivity contribution is 5.79. The van der Waals surface area contributed by atoms with E-state index in [4.69, 9.17) is 9.47 Å². The van der Waals surface area contributed by atoms with Gasteiger partial charge in [-0.1, -0.05) is 19.1 Å². The number of aliphatic imine (C=N–C) groups is 1. The molecular weight excluding hydrogens is 278 g/mol. The zero-order valence-electron chi connectivity index (χ0n) is 14.0. The standard InChI is InChI=1S/C17H29N3O2/c1-4-11-18-17(19-12-6-13-22-5-2)20-14-15-7-9-16(21-3)10-8-15/h7-10H,4-6,11-14H2,1-3H3,(H2,18,19,20). The third-order valence-corrected chi connectivity index (χ3v) is 3.08. The maximum absolute atomic E-state index is 5.34. The average molecular weight is 307 g/mol. The number of guanidine groups is 1. The van der Waals surface area contributed by atoms with E-state index in [-0.39, 0.29) is 0 Å². The lowest BCUT2D eigenvalue weighted by Crippen LogP contribution is -2.38. The van der Waals surface area contributed by atoms with Gasteiger partial charge in [0, 0.05) is 26.3 Å². The average Bonchev–Trinajstić information content (AvgIpc) is 2.57. The van der Waals surface area contributed by atoms with Gasteiger partial charge in [0.25, 0.3) is 0 Å². The Hall–Kier alpha value is -1.75. The summed E-state index contributed by atoms with van der Waals surface area (Å²) in [4.78, 5) is 4.62. The van der Waals surface area contributed by atoms with E-state index in [0.29, 0.717) is 6.54 Å². The summed E-state index contributed by atoms with van der Waals surface area (Å²) in [6, 6.07) is 7.99. The largest absolute Gasteiger partial charge is 0.497 e. The SMILES string of the molecule is CCCNC(=NCc1ccc(OC)cc1)NCCCOCC. The van der Waals surface area contributed by atoms with Crippen molar-refractivity contribution in [2.24, 2.45) is 4.99 Å². The summed E-state index contributed by atoms with van der Waals surface area (Å²) in [6.45, 7) is 8.13. The van der Waals surface area contributed by atoms with Gasteiger partial charge in [-0.15, -0.1) is 0 Å². The van der Waals surface area contributed by atoms with Gasteiger partial charge in [0.1, 0.15) is 5.75 Å². The molecule has 0 unspecified atom stereocenters. The van der Waals surface area contributed by atoms with Crippen LogP contribution >= 0.6 is 0 Å². The first-order valence-corrected chi connectivity index (χ1v) is 8.03. The number of methoxy groups -OCH3 is 1. The van der Waals surface area contributed by atoms with Crippen LogP contribution < -0.4 is 15.4 Å². The fourth-order valence-corrected chi connectivity index (χ4v) is 1.84. The molecule has 0 radical (unpaired) electrons. The highest BCUT2D eigenvalue weighted by atomic mass is 16.5. The Morgan fingerprint density at radius 2 is 1.82 bits per heavy atom. The molecule has 0 heterocycles. The van der Waals surface area contributed by atoms with Gasteiger partial charge >= 0.3 is 0 Å². The van der Waals surface area contributed by atoms with Crippen LogP contribution in [0.5, 0.6) is 5.75 Å². The molecule has 0 aliphatic carbocycles. The van der Waals surface area contributed by atoms with Crippen LogP contribution in [-0.4, -0.2) is 39.4 Å². The second-order valence-electron chi connectivity index (χ2n) is 4.92. The minimum Gasteiger partial charge on any atom is -0.497 e. The second kappa shape index (κ2) is 11.9. The lowest BCUT2D eigenvalue weighted by Gasteiger charge is -2.12. The Labute approximate surface area is 134 Å². The molecule has 2 N–H and O–H groups in total. The van der Waals surface area contributed by atoms with Gasteiger partial charge in [-0.05, 0) is 37.5 Å². The van der Waals surface area contributed by atoms with Crippen LogP contribution in [0.25, 0.3) is 0 Å². The third-order valence-electron chi connectivity index (χ3n) is 3.08. The topological polar surface area (TPSA) is 54.9 Å². The molecule has 0 saturated heterocycles. The van der Waals surface area contributed by atoms with Crippen molar-refractivity contribution in [2.75, 3.05) is 33.4 Å². The molecule has 124 valence electrons. The number of rotatable bonds is 10. The molecule has 0 bridgehead atoms. The van der Waals surface area contributed by atoms with Gasteiger partial charge < -0.3 is 20.1 Å². The minimum atomic E-state index is 0.647. The Morgan fingerprint density at radius 3 is 2.45 bits per heavy atom. The summed E-state index contributed by atoms with van der Waals surface area (Å²) in [5, 5.41) is 6.67. The lowest BCUT2D eigenvalue weighted by atomic mass is 10.2. The first kappa shape index (κ1) is 18.3. The van der Waals surface area contributed by atoms with E-state index in [0.717, 1.165) is 56.4 Å². The van der Waals surface area contributed by atoms with E-state index in [1.165, 1.54) is 0 Å². The van der Waals surface area contributed by atoms with E-state index in [9.17, 15) is 0 Å². The van der Waals surface area contributed by atoms with Crippen molar-refractivity contribution < 1.29 is 9.47 Å². The molecule has 1 aromatic rings. The van der Waals surface area contributed by atoms with E-state index >= 15 is 0 Å². The number of nitrogens with zero attached hydrogens (tertiary/aromatic N) is 1. The van der Waals surface area contributed by atoms with Crippen LogP contribution in [0.3, 0.4) is 0 Å². The molecule has 5 nitrogen and oxygen atoms in total. The second-order valence-corrected chi connectivity index (χ2v) is 4.92. The molecule has 0 spiro atoms. The highest BCUT2D eigenvalue weighted by Gasteiger charge is 1.98. The molecule has 1 aromatic carbocycles. The van der Waals surface area contributed by atoms with E-state index in [1.54, 1.807) is 7.11 Å². The summed E-state index contributed by atoms with van der Waals surface area (Å²) >= 11 is 0. The number of benzene rings is 1. The van der Waals surface area contributed by atoms with Crippen LogP contribution in [0.4, 0.5) is 0 Å². The molecule has 0 aliphatic heterocycles. The van der Waals surface area contributed by atoms with Crippen molar-refractivity contribution in [3.05, 3.63) is 29.8 Å². The van der Waals surface area contributed by atoms with Crippen molar-refractivity contribution in [1.29, 1.82) is 0 Å². The van der Waals surface area contributed by atoms with Gasteiger partial charge in [-0.25, -0.2) is 4.99 Å². The first-order valence-electron chi connectivity index (χ1n) is 8.03. The summed E-state index contributed by atoms with van der Waals surface area (Å²) in [6.07, 6.45) is 2.05. The Kier molecular flexibility index (Phi) is 9.87.